The van der Waals surface area contributed by atoms with E-state index in [0.29, 0.717) is 23.4 Å². The maximum atomic E-state index is 13.7. The second kappa shape index (κ2) is 10.4. The number of para-hydroxylation sites is 1. The molecule has 4 aliphatic heterocycles. The van der Waals surface area contributed by atoms with Crippen LogP contribution in [0.3, 0.4) is 0 Å². The molecule has 1 amide bonds. The normalized spacial score (nSPS) is 24.6. The van der Waals surface area contributed by atoms with Crippen molar-refractivity contribution in [2.24, 2.45) is 22.7 Å². The van der Waals surface area contributed by atoms with Gasteiger partial charge in [0.2, 0.25) is 0 Å². The monoisotopic (exact) mass is 567 g/mol. The first-order valence-corrected chi connectivity index (χ1v) is 15.9. The molecular weight excluding hydrogens is 526 g/mol. The van der Waals surface area contributed by atoms with E-state index in [-0.39, 0.29) is 12.5 Å². The van der Waals surface area contributed by atoms with Crippen LogP contribution in [0.4, 0.5) is 11.4 Å². The highest BCUT2D eigenvalue weighted by Gasteiger charge is 2.41. The van der Waals surface area contributed by atoms with E-state index in [4.69, 9.17) is 9.73 Å². The molecule has 0 spiro atoms. The summed E-state index contributed by atoms with van der Waals surface area (Å²) in [6, 6.07) is 13.4. The largest absolute Gasteiger partial charge is 0.496 e. The Morgan fingerprint density at radius 2 is 2.05 bits per heavy atom. The molecule has 2 saturated heterocycles. The predicted octanol–water partition coefficient (Wildman–Crippen LogP) is 4.38. The van der Waals surface area contributed by atoms with Gasteiger partial charge in [0.25, 0.3) is 5.91 Å². The Morgan fingerprint density at radius 3 is 2.79 bits per heavy atom. The number of aliphatic hydroxyl groups excluding tert-OH is 1. The van der Waals surface area contributed by atoms with E-state index in [1.807, 2.05) is 17.0 Å². The average molecular weight is 568 g/mol. The van der Waals surface area contributed by atoms with Crippen LogP contribution in [0, 0.1) is 17.8 Å². The van der Waals surface area contributed by atoms with Crippen LogP contribution in [0.1, 0.15) is 53.7 Å². The fourth-order valence-electron chi connectivity index (χ4n) is 7.86. The number of hydrogen-bond acceptors (Lipinski definition) is 6. The Morgan fingerprint density at radius 1 is 1.14 bits per heavy atom. The number of likely N-dealkylation sites (tertiary alicyclic amines) is 1. The Kier molecular flexibility index (Phi) is 6.52. The van der Waals surface area contributed by atoms with Gasteiger partial charge in [0.15, 0.2) is 0 Å². The van der Waals surface area contributed by atoms with E-state index in [1.54, 1.807) is 7.11 Å². The number of hydrogen-bond donors (Lipinski definition) is 2. The van der Waals surface area contributed by atoms with Crippen molar-refractivity contribution in [1.82, 2.24) is 14.8 Å². The molecule has 3 fully saturated rings. The number of carbonyl (C=O) groups excluding carboxylic acids is 1. The number of anilines is 1. The summed E-state index contributed by atoms with van der Waals surface area (Å²) in [6.07, 6.45) is 6.51. The second-order valence-electron chi connectivity index (χ2n) is 13.0. The zero-order valence-corrected chi connectivity index (χ0v) is 24.5. The summed E-state index contributed by atoms with van der Waals surface area (Å²) in [5, 5.41) is 14.2. The molecule has 1 aliphatic carbocycles. The molecule has 5 aliphatic rings. The van der Waals surface area contributed by atoms with Gasteiger partial charge in [0.1, 0.15) is 5.75 Å². The molecule has 8 nitrogen and oxygen atoms in total. The van der Waals surface area contributed by atoms with Gasteiger partial charge >= 0.3 is 0 Å². The van der Waals surface area contributed by atoms with E-state index >= 15 is 0 Å². The highest BCUT2D eigenvalue weighted by Crippen LogP contribution is 2.44. The number of nitrogens with one attached hydrogen (secondary N) is 1. The summed E-state index contributed by atoms with van der Waals surface area (Å²) >= 11 is 0. The highest BCUT2D eigenvalue weighted by molar-refractivity contribution is 6.09. The third kappa shape index (κ3) is 4.42. The third-order valence-corrected chi connectivity index (χ3v) is 10.4. The predicted molar refractivity (Wildman–Crippen MR) is 165 cm³/mol. The number of fused-ring (bicyclic) bond motifs is 2. The number of ether oxygens (including phenoxy) is 1. The second-order valence-corrected chi connectivity index (χ2v) is 13.0. The zero-order chi connectivity index (χ0) is 28.4. The number of benzene rings is 2. The Labute approximate surface area is 247 Å². The minimum absolute atomic E-state index is 0.0824. The minimum atomic E-state index is 0.0824. The van der Waals surface area contributed by atoms with Crippen LogP contribution in [-0.4, -0.2) is 78.7 Å². The summed E-state index contributed by atoms with van der Waals surface area (Å²) in [5.41, 5.74) is 7.60. The summed E-state index contributed by atoms with van der Waals surface area (Å²) in [4.78, 5) is 23.6. The van der Waals surface area contributed by atoms with Gasteiger partial charge in [-0.1, -0.05) is 25.0 Å². The van der Waals surface area contributed by atoms with Crippen LogP contribution >= 0.6 is 0 Å². The molecule has 3 atom stereocenters. The topological polar surface area (TPSA) is 82.3 Å². The van der Waals surface area contributed by atoms with Crippen LogP contribution in [-0.2, 0) is 13.0 Å². The third-order valence-electron chi connectivity index (χ3n) is 10.4. The first-order valence-electron chi connectivity index (χ1n) is 15.9. The standard InChI is InChI=1S/C34H41N5O3/c1-42-31-17-24(34(41)38-19-25-18-35-28(25)20-38)15-27-26(31)9-8-22(14-21-6-7-21)32(36-27)30-16-23-4-2-5-29-33(23)39(30)12-11-37(29)10-3-13-40/h2,4-5,15-17,21-22,25,28,35,40H,3,6-14,18-20H2,1H3. The highest BCUT2D eigenvalue weighted by atomic mass is 16.5. The van der Waals surface area contributed by atoms with Crippen molar-refractivity contribution in [2.75, 3.05) is 51.3 Å². The van der Waals surface area contributed by atoms with Crippen molar-refractivity contribution >= 4 is 33.9 Å². The molecule has 1 aromatic heterocycles. The Bertz CT molecular complexity index is 1560. The molecule has 0 bridgehead atoms. The Hall–Kier alpha value is -3.36. The molecule has 2 aromatic carbocycles. The van der Waals surface area contributed by atoms with Crippen molar-refractivity contribution in [2.45, 2.75) is 51.1 Å². The number of nitrogens with zero attached hydrogens (tertiary/aromatic N) is 4. The summed E-state index contributed by atoms with van der Waals surface area (Å²) in [5.74, 6) is 2.60. The number of aliphatic imine (C=N–C) groups is 1. The summed E-state index contributed by atoms with van der Waals surface area (Å²) < 4.78 is 8.42. The van der Waals surface area contributed by atoms with Gasteiger partial charge in [-0.25, -0.2) is 0 Å². The quantitative estimate of drug-likeness (QED) is 0.422. The number of amides is 1. The zero-order valence-electron chi connectivity index (χ0n) is 24.5. The molecule has 8 heteroatoms. The van der Waals surface area contributed by atoms with Crippen molar-refractivity contribution in [3.05, 3.63) is 53.2 Å². The lowest BCUT2D eigenvalue weighted by Crippen LogP contribution is -2.51. The molecule has 42 heavy (non-hydrogen) atoms. The van der Waals surface area contributed by atoms with Crippen molar-refractivity contribution in [3.8, 4) is 5.75 Å². The van der Waals surface area contributed by atoms with E-state index in [9.17, 15) is 9.90 Å². The number of aliphatic hydroxyl groups is 1. The number of methoxy groups -OCH3 is 1. The minimum Gasteiger partial charge on any atom is -0.496 e. The molecular formula is C34H41N5O3. The van der Waals surface area contributed by atoms with E-state index < -0.39 is 0 Å². The number of carbonyl (C=O) groups is 1. The van der Waals surface area contributed by atoms with Gasteiger partial charge in [-0.15, -0.1) is 0 Å². The molecule has 220 valence electrons. The van der Waals surface area contributed by atoms with Gasteiger partial charge < -0.3 is 29.5 Å². The van der Waals surface area contributed by atoms with Crippen molar-refractivity contribution < 1.29 is 14.6 Å². The number of aromatic nitrogens is 1. The van der Waals surface area contributed by atoms with Gasteiger partial charge in [0.05, 0.1) is 35.4 Å². The van der Waals surface area contributed by atoms with Crippen LogP contribution in [0.2, 0.25) is 0 Å². The van der Waals surface area contributed by atoms with E-state index in [1.165, 1.54) is 47.3 Å². The maximum absolute atomic E-state index is 13.7. The van der Waals surface area contributed by atoms with Crippen LogP contribution < -0.4 is 15.0 Å². The first kappa shape index (κ1) is 26.3. The van der Waals surface area contributed by atoms with Crippen LogP contribution in [0.15, 0.2) is 41.4 Å². The van der Waals surface area contributed by atoms with E-state index in [2.05, 4.69) is 39.0 Å². The molecule has 3 unspecified atom stereocenters. The summed E-state index contributed by atoms with van der Waals surface area (Å²) in [7, 11) is 1.72. The Balaban J connectivity index is 1.23. The molecule has 2 N–H and O–H groups in total. The molecule has 8 rings (SSSR count). The lowest BCUT2D eigenvalue weighted by Gasteiger charge is -2.32. The lowest BCUT2D eigenvalue weighted by atomic mass is 9.89. The molecule has 1 saturated carbocycles. The fourth-order valence-corrected chi connectivity index (χ4v) is 7.86. The van der Waals surface area contributed by atoms with Gasteiger partial charge in [-0.2, -0.15) is 0 Å². The summed E-state index contributed by atoms with van der Waals surface area (Å²) in [6.45, 7) is 5.50. The lowest BCUT2D eigenvalue weighted by molar-refractivity contribution is 0.0789. The molecule has 3 aromatic rings. The molecule has 0 radical (unpaired) electrons. The first-order chi connectivity index (χ1) is 20.6. The van der Waals surface area contributed by atoms with Gasteiger partial charge in [-0.3, -0.25) is 9.79 Å². The van der Waals surface area contributed by atoms with Gasteiger partial charge in [0, 0.05) is 80.3 Å². The molecule has 5 heterocycles. The van der Waals surface area contributed by atoms with Crippen molar-refractivity contribution in [1.29, 1.82) is 0 Å². The van der Waals surface area contributed by atoms with Crippen molar-refractivity contribution in [3.63, 3.8) is 0 Å². The average Bonchev–Trinajstić information content (AvgIpc) is 3.71. The van der Waals surface area contributed by atoms with Crippen LogP contribution in [0.5, 0.6) is 5.75 Å². The smallest absolute Gasteiger partial charge is 0.254 e. The maximum Gasteiger partial charge on any atom is 0.254 e. The number of rotatable bonds is 8. The van der Waals surface area contributed by atoms with Crippen LogP contribution in [0.25, 0.3) is 10.9 Å². The van der Waals surface area contributed by atoms with Gasteiger partial charge in [-0.05, 0) is 55.9 Å². The van der Waals surface area contributed by atoms with E-state index in [0.717, 1.165) is 81.4 Å². The SMILES string of the molecule is COc1cc(C(=O)N2CC3CNC3C2)cc2c1CCC(CC1CC1)C(c1cc3cccc4c3n1CCN4CCCO)=N2. The fraction of sp³-hybridized carbons (Fsp3) is 0.529.